The topological polar surface area (TPSA) is 118 Å². The first-order valence-electron chi connectivity index (χ1n) is 6.96. The van der Waals surface area contributed by atoms with Crippen LogP contribution in [0.2, 0.25) is 0 Å². The molecule has 0 spiro atoms. The van der Waals surface area contributed by atoms with Crippen molar-refractivity contribution in [3.8, 4) is 0 Å². The van der Waals surface area contributed by atoms with E-state index in [1.165, 1.54) is 38.1 Å². The summed E-state index contributed by atoms with van der Waals surface area (Å²) in [5.74, 6) is -1.25. The lowest BCUT2D eigenvalue weighted by Crippen LogP contribution is -2.15. The van der Waals surface area contributed by atoms with Crippen molar-refractivity contribution >= 4 is 33.0 Å². The summed E-state index contributed by atoms with van der Waals surface area (Å²) in [6.07, 6.45) is 0. The van der Waals surface area contributed by atoms with E-state index in [0.29, 0.717) is 0 Å². The number of carbonyl (C=O) groups is 1. The number of carbonyl (C=O) groups excluding carboxylic acids is 1. The number of nitrogens with zero attached hydrogens (tertiary/aromatic N) is 1. The fourth-order valence-electron chi connectivity index (χ4n) is 2.18. The minimum Gasteiger partial charge on any atom is -0.324 e. The number of hydrogen-bond acceptors (Lipinski definition) is 5. The Morgan fingerprint density at radius 1 is 1.24 bits per heavy atom. The van der Waals surface area contributed by atoms with E-state index in [9.17, 15) is 27.7 Å². The van der Waals surface area contributed by atoms with Gasteiger partial charge in [0, 0.05) is 18.6 Å². The van der Waals surface area contributed by atoms with Gasteiger partial charge in [-0.2, -0.15) is 0 Å². The molecule has 0 atom stereocenters. The van der Waals surface area contributed by atoms with Crippen molar-refractivity contribution in [3.05, 3.63) is 57.9 Å². The van der Waals surface area contributed by atoms with Gasteiger partial charge in [0.25, 0.3) is 15.7 Å². The largest absolute Gasteiger partial charge is 0.324 e. The van der Waals surface area contributed by atoms with E-state index in [-0.39, 0.29) is 27.5 Å². The van der Waals surface area contributed by atoms with E-state index in [2.05, 4.69) is 10.0 Å². The van der Waals surface area contributed by atoms with Crippen molar-refractivity contribution in [3.63, 3.8) is 0 Å². The van der Waals surface area contributed by atoms with Gasteiger partial charge in [-0.3, -0.25) is 19.6 Å². The van der Waals surface area contributed by atoms with Gasteiger partial charge in [-0.25, -0.2) is 12.8 Å². The van der Waals surface area contributed by atoms with Crippen LogP contribution in [0.15, 0.2) is 41.3 Å². The summed E-state index contributed by atoms with van der Waals surface area (Å²) in [5, 5.41) is 13.2. The smallest absolute Gasteiger partial charge is 0.273 e. The van der Waals surface area contributed by atoms with Crippen molar-refractivity contribution in [2.24, 2.45) is 0 Å². The molecule has 0 fully saturated rings. The van der Waals surface area contributed by atoms with Gasteiger partial charge in [-0.1, -0.05) is 6.07 Å². The van der Waals surface area contributed by atoms with Crippen molar-refractivity contribution in [1.82, 2.24) is 0 Å². The monoisotopic (exact) mass is 367 g/mol. The SMILES string of the molecule is CC(=O)Nc1cc(NS(=O)(=O)c2cccc([N+](=O)[O-])c2C)ccc1F. The van der Waals surface area contributed by atoms with Crippen LogP contribution in [-0.2, 0) is 14.8 Å². The molecule has 0 radical (unpaired) electrons. The molecule has 8 nitrogen and oxygen atoms in total. The standard InChI is InChI=1S/C15H14FN3O5S/c1-9-14(19(21)22)4-3-5-15(9)25(23,24)18-11-6-7-12(16)13(8-11)17-10(2)20/h3-8,18H,1-2H3,(H,17,20). The molecule has 132 valence electrons. The zero-order valence-electron chi connectivity index (χ0n) is 13.2. The highest BCUT2D eigenvalue weighted by Crippen LogP contribution is 2.27. The zero-order chi connectivity index (χ0) is 18.8. The minimum atomic E-state index is -4.15. The summed E-state index contributed by atoms with van der Waals surface area (Å²) in [7, 11) is -4.15. The lowest BCUT2D eigenvalue weighted by atomic mass is 10.2. The molecule has 1 amide bonds. The highest BCUT2D eigenvalue weighted by Gasteiger charge is 2.23. The van der Waals surface area contributed by atoms with Crippen LogP contribution in [0, 0.1) is 22.9 Å². The van der Waals surface area contributed by atoms with Gasteiger partial charge < -0.3 is 5.32 Å². The van der Waals surface area contributed by atoms with Crippen LogP contribution in [0.5, 0.6) is 0 Å². The first kappa shape index (κ1) is 18.3. The molecule has 0 saturated carbocycles. The van der Waals surface area contributed by atoms with Crippen LogP contribution < -0.4 is 10.0 Å². The third-order valence-electron chi connectivity index (χ3n) is 3.27. The molecule has 0 aliphatic carbocycles. The van der Waals surface area contributed by atoms with Crippen LogP contribution in [0.1, 0.15) is 12.5 Å². The fraction of sp³-hybridized carbons (Fsp3) is 0.133. The molecule has 2 rings (SSSR count). The Kier molecular flexibility index (Phi) is 5.02. The van der Waals surface area contributed by atoms with E-state index in [0.717, 1.165) is 12.1 Å². The summed E-state index contributed by atoms with van der Waals surface area (Å²) in [5.41, 5.74) is -0.551. The Morgan fingerprint density at radius 2 is 1.92 bits per heavy atom. The summed E-state index contributed by atoms with van der Waals surface area (Å²) in [4.78, 5) is 21.1. The summed E-state index contributed by atoms with van der Waals surface area (Å²) >= 11 is 0. The fourth-order valence-corrected chi connectivity index (χ4v) is 3.49. The van der Waals surface area contributed by atoms with Crippen LogP contribution in [0.25, 0.3) is 0 Å². The third-order valence-corrected chi connectivity index (χ3v) is 4.80. The maximum Gasteiger partial charge on any atom is 0.273 e. The number of rotatable bonds is 5. The number of anilines is 2. The highest BCUT2D eigenvalue weighted by molar-refractivity contribution is 7.92. The lowest BCUT2D eigenvalue weighted by Gasteiger charge is -2.12. The van der Waals surface area contributed by atoms with E-state index in [4.69, 9.17) is 0 Å². The highest BCUT2D eigenvalue weighted by atomic mass is 32.2. The van der Waals surface area contributed by atoms with Gasteiger partial charge in [0.1, 0.15) is 5.82 Å². The number of sulfonamides is 1. The van der Waals surface area contributed by atoms with Crippen LogP contribution in [0.4, 0.5) is 21.5 Å². The quantitative estimate of drug-likeness (QED) is 0.622. The molecule has 25 heavy (non-hydrogen) atoms. The Morgan fingerprint density at radius 3 is 2.52 bits per heavy atom. The summed E-state index contributed by atoms with van der Waals surface area (Å²) in [6.45, 7) is 2.50. The average Bonchev–Trinajstić information content (AvgIpc) is 2.49. The van der Waals surface area contributed by atoms with Gasteiger partial charge in [-0.05, 0) is 31.2 Å². The molecule has 2 aromatic carbocycles. The van der Waals surface area contributed by atoms with E-state index < -0.39 is 26.7 Å². The molecule has 0 unspecified atom stereocenters. The second-order valence-corrected chi connectivity index (χ2v) is 6.79. The third kappa shape index (κ3) is 4.10. The number of nitrogens with one attached hydrogen (secondary N) is 2. The molecule has 0 aliphatic rings. The van der Waals surface area contributed by atoms with Gasteiger partial charge in [0.05, 0.1) is 21.2 Å². The Bertz CT molecular complexity index is 960. The molecule has 10 heteroatoms. The molecular formula is C15H14FN3O5S. The molecule has 0 heterocycles. The molecule has 0 bridgehead atoms. The average molecular weight is 367 g/mol. The maximum absolute atomic E-state index is 13.6. The maximum atomic E-state index is 13.6. The van der Waals surface area contributed by atoms with Crippen LogP contribution in [0.3, 0.4) is 0 Å². The summed E-state index contributed by atoms with van der Waals surface area (Å²) in [6, 6.07) is 6.95. The van der Waals surface area contributed by atoms with Crippen molar-refractivity contribution in [2.45, 2.75) is 18.7 Å². The Hall–Kier alpha value is -3.01. The first-order chi connectivity index (χ1) is 11.6. The lowest BCUT2D eigenvalue weighted by molar-refractivity contribution is -0.385. The Labute approximate surface area is 142 Å². The predicted octanol–water partition coefficient (Wildman–Crippen LogP) is 2.80. The van der Waals surface area contributed by atoms with Gasteiger partial charge >= 0.3 is 0 Å². The summed E-state index contributed by atoms with van der Waals surface area (Å²) < 4.78 is 40.8. The molecule has 2 aromatic rings. The normalized spacial score (nSPS) is 11.0. The molecule has 2 N–H and O–H groups in total. The second kappa shape index (κ2) is 6.85. The number of benzene rings is 2. The van der Waals surface area contributed by atoms with Gasteiger partial charge in [0.2, 0.25) is 5.91 Å². The predicted molar refractivity (Wildman–Crippen MR) is 89.3 cm³/mol. The van der Waals surface area contributed by atoms with Crippen LogP contribution in [-0.4, -0.2) is 19.2 Å². The zero-order valence-corrected chi connectivity index (χ0v) is 14.1. The molecular weight excluding hydrogens is 353 g/mol. The van der Waals surface area contributed by atoms with Gasteiger partial charge in [-0.15, -0.1) is 0 Å². The van der Waals surface area contributed by atoms with Crippen molar-refractivity contribution in [2.75, 3.05) is 10.0 Å². The molecule has 0 aliphatic heterocycles. The van der Waals surface area contributed by atoms with Crippen molar-refractivity contribution < 1.29 is 22.5 Å². The van der Waals surface area contributed by atoms with Gasteiger partial charge in [0.15, 0.2) is 0 Å². The number of amides is 1. The van der Waals surface area contributed by atoms with E-state index >= 15 is 0 Å². The number of halogens is 1. The first-order valence-corrected chi connectivity index (χ1v) is 8.44. The molecule has 0 saturated heterocycles. The number of nitro groups is 1. The number of nitro benzene ring substituents is 1. The second-order valence-electron chi connectivity index (χ2n) is 5.14. The van der Waals surface area contributed by atoms with E-state index in [1.807, 2.05) is 0 Å². The van der Waals surface area contributed by atoms with Crippen LogP contribution >= 0.6 is 0 Å². The van der Waals surface area contributed by atoms with Crippen molar-refractivity contribution in [1.29, 1.82) is 0 Å². The Balaban J connectivity index is 2.42. The van der Waals surface area contributed by atoms with E-state index in [1.54, 1.807) is 0 Å². The molecule has 0 aromatic heterocycles. The number of hydrogen-bond donors (Lipinski definition) is 2. The minimum absolute atomic E-state index is 0.00365.